The predicted octanol–water partition coefficient (Wildman–Crippen LogP) is 6.92. The topological polar surface area (TPSA) is 52.9 Å². The summed E-state index contributed by atoms with van der Waals surface area (Å²) in [7, 11) is 0. The van der Waals surface area contributed by atoms with Gasteiger partial charge in [0.15, 0.2) is 0 Å². The van der Waals surface area contributed by atoms with Crippen LogP contribution >= 0.6 is 46.6 Å². The van der Waals surface area contributed by atoms with Gasteiger partial charge in [-0.3, -0.25) is 4.79 Å². The molecule has 0 aliphatic carbocycles. The van der Waals surface area contributed by atoms with Crippen LogP contribution in [0.5, 0.6) is 0 Å². The van der Waals surface area contributed by atoms with E-state index < -0.39 is 0 Å². The fourth-order valence-corrected chi connectivity index (χ4v) is 4.03. The standard InChI is InChI=1S/C20H11Cl3N2OS/c21-14-4-1-3-13(10-14)20(26)25-17-9-12(11-24)7-8-18(17)27-19-15(22)5-2-6-16(19)23/h1-10H,(H,25,26). The maximum atomic E-state index is 12.6. The molecule has 0 aromatic heterocycles. The number of hydrogen-bond acceptors (Lipinski definition) is 3. The molecule has 0 atom stereocenters. The number of anilines is 1. The lowest BCUT2D eigenvalue weighted by Gasteiger charge is -2.13. The van der Waals surface area contributed by atoms with Crippen LogP contribution in [0.1, 0.15) is 15.9 Å². The molecule has 0 aliphatic rings. The number of rotatable bonds is 4. The number of hydrogen-bond donors (Lipinski definition) is 1. The van der Waals surface area contributed by atoms with Crippen LogP contribution in [0.4, 0.5) is 5.69 Å². The first kappa shape index (κ1) is 19.6. The summed E-state index contributed by atoms with van der Waals surface area (Å²) in [5, 5.41) is 13.5. The zero-order valence-electron chi connectivity index (χ0n) is 13.7. The molecule has 27 heavy (non-hydrogen) atoms. The van der Waals surface area contributed by atoms with Crippen LogP contribution < -0.4 is 5.32 Å². The van der Waals surface area contributed by atoms with Gasteiger partial charge in [-0.15, -0.1) is 0 Å². The number of amides is 1. The molecule has 1 N–H and O–H groups in total. The van der Waals surface area contributed by atoms with E-state index >= 15 is 0 Å². The van der Waals surface area contributed by atoms with Crippen molar-refractivity contribution in [2.75, 3.05) is 5.32 Å². The lowest BCUT2D eigenvalue weighted by molar-refractivity contribution is 0.102. The van der Waals surface area contributed by atoms with Crippen molar-refractivity contribution in [3.63, 3.8) is 0 Å². The molecule has 3 aromatic rings. The van der Waals surface area contributed by atoms with Crippen molar-refractivity contribution < 1.29 is 4.79 Å². The Balaban J connectivity index is 1.96. The fraction of sp³-hybridized carbons (Fsp3) is 0. The van der Waals surface area contributed by atoms with E-state index in [1.54, 1.807) is 60.7 Å². The molecule has 0 fully saturated rings. The molecular weight excluding hydrogens is 423 g/mol. The highest BCUT2D eigenvalue weighted by molar-refractivity contribution is 7.99. The molecule has 0 bridgehead atoms. The number of halogens is 3. The number of nitrogens with one attached hydrogen (secondary N) is 1. The third-order valence-corrected chi connectivity index (χ3v) is 5.88. The van der Waals surface area contributed by atoms with Gasteiger partial charge in [-0.1, -0.05) is 58.7 Å². The van der Waals surface area contributed by atoms with Gasteiger partial charge in [0, 0.05) is 20.4 Å². The Bertz CT molecular complexity index is 1040. The molecule has 7 heteroatoms. The molecule has 134 valence electrons. The molecular formula is C20H11Cl3N2OS. The molecule has 3 aromatic carbocycles. The van der Waals surface area contributed by atoms with Crippen molar-refractivity contribution >= 4 is 58.2 Å². The van der Waals surface area contributed by atoms with Gasteiger partial charge in [0.1, 0.15) is 0 Å². The summed E-state index contributed by atoms with van der Waals surface area (Å²) in [6.07, 6.45) is 0. The first-order chi connectivity index (χ1) is 13.0. The summed E-state index contributed by atoms with van der Waals surface area (Å²) in [5.41, 5.74) is 1.32. The fourth-order valence-electron chi connectivity index (χ4n) is 2.30. The smallest absolute Gasteiger partial charge is 0.255 e. The number of nitrogens with zero attached hydrogens (tertiary/aromatic N) is 1. The van der Waals surface area contributed by atoms with E-state index in [4.69, 9.17) is 34.8 Å². The van der Waals surface area contributed by atoms with Crippen LogP contribution in [0.3, 0.4) is 0 Å². The van der Waals surface area contributed by atoms with Gasteiger partial charge in [-0.05, 0) is 48.5 Å². The summed E-state index contributed by atoms with van der Waals surface area (Å²) in [6, 6.07) is 18.9. The van der Waals surface area contributed by atoms with Crippen molar-refractivity contribution in [2.45, 2.75) is 9.79 Å². The van der Waals surface area contributed by atoms with E-state index in [0.29, 0.717) is 41.7 Å². The minimum Gasteiger partial charge on any atom is -0.321 e. The lowest BCUT2D eigenvalue weighted by atomic mass is 10.2. The minimum atomic E-state index is -0.334. The van der Waals surface area contributed by atoms with Crippen LogP contribution in [0.25, 0.3) is 0 Å². The zero-order chi connectivity index (χ0) is 19.4. The van der Waals surface area contributed by atoms with Gasteiger partial charge in [-0.2, -0.15) is 5.26 Å². The van der Waals surface area contributed by atoms with Crippen LogP contribution in [0.2, 0.25) is 15.1 Å². The van der Waals surface area contributed by atoms with E-state index in [-0.39, 0.29) is 5.91 Å². The van der Waals surface area contributed by atoms with E-state index in [1.807, 2.05) is 0 Å². The van der Waals surface area contributed by atoms with Gasteiger partial charge in [-0.25, -0.2) is 0 Å². The number of nitriles is 1. The Morgan fingerprint density at radius 3 is 2.33 bits per heavy atom. The van der Waals surface area contributed by atoms with Crippen LogP contribution in [-0.2, 0) is 0 Å². The van der Waals surface area contributed by atoms with Crippen LogP contribution in [0.15, 0.2) is 70.5 Å². The quantitative estimate of drug-likeness (QED) is 0.485. The Kier molecular flexibility index (Phi) is 6.30. The summed E-state index contributed by atoms with van der Waals surface area (Å²) >= 11 is 19.8. The second-order valence-corrected chi connectivity index (χ2v) is 7.74. The third-order valence-electron chi connectivity index (χ3n) is 3.57. The van der Waals surface area contributed by atoms with E-state index in [1.165, 1.54) is 11.8 Å². The largest absolute Gasteiger partial charge is 0.321 e. The molecule has 0 radical (unpaired) electrons. The lowest BCUT2D eigenvalue weighted by Crippen LogP contribution is -2.12. The Morgan fingerprint density at radius 1 is 0.963 bits per heavy atom. The number of benzene rings is 3. The molecule has 0 saturated carbocycles. The summed E-state index contributed by atoms with van der Waals surface area (Å²) in [6.45, 7) is 0. The second kappa shape index (κ2) is 8.69. The minimum absolute atomic E-state index is 0.334. The van der Waals surface area contributed by atoms with Gasteiger partial charge in [0.25, 0.3) is 5.91 Å². The maximum absolute atomic E-state index is 12.6. The summed E-state index contributed by atoms with van der Waals surface area (Å²) < 4.78 is 0. The average Bonchev–Trinajstić information content (AvgIpc) is 2.65. The van der Waals surface area contributed by atoms with E-state index in [9.17, 15) is 10.1 Å². The maximum Gasteiger partial charge on any atom is 0.255 e. The first-order valence-corrected chi connectivity index (χ1v) is 9.66. The second-order valence-electron chi connectivity index (χ2n) is 5.44. The molecule has 0 unspecified atom stereocenters. The van der Waals surface area contributed by atoms with Crippen molar-refractivity contribution in [3.05, 3.63) is 86.9 Å². The van der Waals surface area contributed by atoms with E-state index in [2.05, 4.69) is 11.4 Å². The van der Waals surface area contributed by atoms with Crippen LogP contribution in [0, 0.1) is 11.3 Å². The van der Waals surface area contributed by atoms with Crippen molar-refractivity contribution in [1.82, 2.24) is 0 Å². The molecule has 1 amide bonds. The Labute approximate surface area is 175 Å². The highest BCUT2D eigenvalue weighted by atomic mass is 35.5. The zero-order valence-corrected chi connectivity index (χ0v) is 16.8. The first-order valence-electron chi connectivity index (χ1n) is 7.71. The summed E-state index contributed by atoms with van der Waals surface area (Å²) in [5.74, 6) is -0.334. The van der Waals surface area contributed by atoms with Crippen molar-refractivity contribution in [3.8, 4) is 6.07 Å². The normalized spacial score (nSPS) is 10.3. The van der Waals surface area contributed by atoms with Crippen LogP contribution in [-0.4, -0.2) is 5.91 Å². The van der Waals surface area contributed by atoms with Crippen molar-refractivity contribution in [2.24, 2.45) is 0 Å². The van der Waals surface area contributed by atoms with Gasteiger partial charge in [0.2, 0.25) is 0 Å². The molecule has 0 spiro atoms. The van der Waals surface area contributed by atoms with Gasteiger partial charge < -0.3 is 5.32 Å². The van der Waals surface area contributed by atoms with Gasteiger partial charge in [0.05, 0.1) is 27.4 Å². The third kappa shape index (κ3) is 4.77. The summed E-state index contributed by atoms with van der Waals surface area (Å²) in [4.78, 5) is 14.0. The average molecular weight is 434 g/mol. The van der Waals surface area contributed by atoms with Crippen molar-refractivity contribution in [1.29, 1.82) is 5.26 Å². The molecule has 3 rings (SSSR count). The Hall–Kier alpha value is -2.16. The number of carbonyl (C=O) groups is 1. The predicted molar refractivity (Wildman–Crippen MR) is 111 cm³/mol. The molecule has 0 aliphatic heterocycles. The Morgan fingerprint density at radius 2 is 1.67 bits per heavy atom. The number of carbonyl (C=O) groups excluding carboxylic acids is 1. The van der Waals surface area contributed by atoms with Gasteiger partial charge >= 0.3 is 0 Å². The highest BCUT2D eigenvalue weighted by Crippen LogP contribution is 2.41. The van der Waals surface area contributed by atoms with E-state index in [0.717, 1.165) is 0 Å². The molecule has 0 heterocycles. The molecule has 3 nitrogen and oxygen atoms in total. The highest BCUT2D eigenvalue weighted by Gasteiger charge is 2.14. The monoisotopic (exact) mass is 432 g/mol. The molecule has 0 saturated heterocycles. The SMILES string of the molecule is N#Cc1ccc(Sc2c(Cl)cccc2Cl)c(NC(=O)c2cccc(Cl)c2)c1.